The minimum atomic E-state index is -0.967. The first-order valence-electron chi connectivity index (χ1n) is 8.88. The molecule has 1 saturated heterocycles. The predicted octanol–water partition coefficient (Wildman–Crippen LogP) is 2.50. The predicted molar refractivity (Wildman–Crippen MR) is 97.1 cm³/mol. The Hall–Kier alpha value is -3.29. The first-order valence-corrected chi connectivity index (χ1v) is 8.88. The van der Waals surface area contributed by atoms with Crippen LogP contribution in [0.2, 0.25) is 0 Å². The number of hydrogen-bond donors (Lipinski definition) is 3. The minimum absolute atomic E-state index is 0.0885. The van der Waals surface area contributed by atoms with Crippen molar-refractivity contribution in [2.24, 2.45) is 0 Å². The average molecular weight is 385 g/mol. The quantitative estimate of drug-likeness (QED) is 0.759. The Labute approximate surface area is 159 Å². The van der Waals surface area contributed by atoms with E-state index in [2.05, 4.69) is 16.0 Å². The molecule has 4 rings (SSSR count). The summed E-state index contributed by atoms with van der Waals surface area (Å²) in [6.45, 7) is 0.171. The van der Waals surface area contributed by atoms with Crippen molar-refractivity contribution in [3.05, 3.63) is 64.7 Å². The van der Waals surface area contributed by atoms with Crippen LogP contribution in [0, 0.1) is 11.6 Å². The standard InChI is InChI=1S/C20H17F2N3O3/c21-11-2-4-12(5-3-11)24-20(28)25-18-15(9-23-19(18)27)14-7-10-1-6-17(26)13(10)8-16(14)22/h2-5,7-8,15,18H,1,6,9H2,(H,23,27)(H2,24,25,28)/t15?,18-/m0/s1. The molecule has 3 amide bonds. The maximum Gasteiger partial charge on any atom is 0.319 e. The van der Waals surface area contributed by atoms with E-state index in [1.165, 1.54) is 30.3 Å². The van der Waals surface area contributed by atoms with Gasteiger partial charge in [-0.2, -0.15) is 0 Å². The van der Waals surface area contributed by atoms with Gasteiger partial charge in [0.1, 0.15) is 17.7 Å². The van der Waals surface area contributed by atoms with Gasteiger partial charge in [0.05, 0.1) is 0 Å². The minimum Gasteiger partial charge on any atom is -0.354 e. The molecule has 1 fully saturated rings. The molecular formula is C20H17F2N3O3. The second-order valence-corrected chi connectivity index (χ2v) is 6.89. The summed E-state index contributed by atoms with van der Waals surface area (Å²) in [5, 5.41) is 7.70. The van der Waals surface area contributed by atoms with Crippen LogP contribution in [0.5, 0.6) is 0 Å². The number of Topliss-reactive ketones (excluding diaryl/α,β-unsaturated/α-hetero) is 1. The fourth-order valence-corrected chi connectivity index (χ4v) is 3.69. The van der Waals surface area contributed by atoms with Gasteiger partial charge in [0.2, 0.25) is 5.91 Å². The number of aryl methyl sites for hydroxylation is 1. The molecule has 3 N–H and O–H groups in total. The van der Waals surface area contributed by atoms with Crippen molar-refractivity contribution in [3.63, 3.8) is 0 Å². The normalized spacial score (nSPS) is 20.6. The zero-order valence-electron chi connectivity index (χ0n) is 14.7. The third-order valence-electron chi connectivity index (χ3n) is 5.11. The number of amides is 3. The lowest BCUT2D eigenvalue weighted by Crippen LogP contribution is -2.44. The molecule has 8 heteroatoms. The lowest BCUT2D eigenvalue weighted by Gasteiger charge is -2.20. The van der Waals surface area contributed by atoms with E-state index in [4.69, 9.17) is 0 Å². The molecule has 144 valence electrons. The van der Waals surface area contributed by atoms with Crippen LogP contribution in [0.1, 0.15) is 33.8 Å². The lowest BCUT2D eigenvalue weighted by molar-refractivity contribution is -0.120. The van der Waals surface area contributed by atoms with Gasteiger partial charge in [-0.15, -0.1) is 0 Å². The largest absolute Gasteiger partial charge is 0.354 e. The van der Waals surface area contributed by atoms with Crippen LogP contribution < -0.4 is 16.0 Å². The molecule has 2 aliphatic rings. The van der Waals surface area contributed by atoms with Gasteiger partial charge in [0.15, 0.2) is 5.78 Å². The molecule has 0 bridgehead atoms. The number of carbonyl (C=O) groups excluding carboxylic acids is 3. The monoisotopic (exact) mass is 385 g/mol. The van der Waals surface area contributed by atoms with Gasteiger partial charge in [0, 0.05) is 30.1 Å². The number of rotatable bonds is 3. The highest BCUT2D eigenvalue weighted by Crippen LogP contribution is 2.32. The van der Waals surface area contributed by atoms with Gasteiger partial charge >= 0.3 is 6.03 Å². The number of benzene rings is 2. The highest BCUT2D eigenvalue weighted by Gasteiger charge is 2.39. The van der Waals surface area contributed by atoms with Crippen molar-refractivity contribution >= 4 is 23.4 Å². The van der Waals surface area contributed by atoms with Gasteiger partial charge < -0.3 is 16.0 Å². The Morgan fingerprint density at radius 3 is 2.57 bits per heavy atom. The second-order valence-electron chi connectivity index (χ2n) is 6.89. The molecule has 2 aromatic rings. The molecule has 1 unspecified atom stereocenters. The third-order valence-corrected chi connectivity index (χ3v) is 5.11. The van der Waals surface area contributed by atoms with Crippen LogP contribution >= 0.6 is 0 Å². The smallest absolute Gasteiger partial charge is 0.319 e. The van der Waals surface area contributed by atoms with E-state index >= 15 is 0 Å². The van der Waals surface area contributed by atoms with Crippen LogP contribution in [-0.4, -0.2) is 30.3 Å². The molecule has 28 heavy (non-hydrogen) atoms. The summed E-state index contributed by atoms with van der Waals surface area (Å²) in [6, 6.07) is 6.38. The number of anilines is 1. The average Bonchev–Trinajstić information content (AvgIpc) is 3.20. The maximum atomic E-state index is 14.6. The maximum absolute atomic E-state index is 14.6. The van der Waals surface area contributed by atoms with E-state index in [0.29, 0.717) is 29.7 Å². The Balaban J connectivity index is 1.53. The summed E-state index contributed by atoms with van der Waals surface area (Å²) in [7, 11) is 0. The molecule has 0 aromatic heterocycles. The van der Waals surface area contributed by atoms with Crippen molar-refractivity contribution in [3.8, 4) is 0 Å². The molecule has 0 spiro atoms. The van der Waals surface area contributed by atoms with Crippen molar-refractivity contribution in [2.75, 3.05) is 11.9 Å². The van der Waals surface area contributed by atoms with E-state index in [9.17, 15) is 23.2 Å². The molecular weight excluding hydrogens is 368 g/mol. The van der Waals surface area contributed by atoms with Gasteiger partial charge in [-0.1, -0.05) is 6.07 Å². The second kappa shape index (κ2) is 7.03. The molecule has 1 heterocycles. The van der Waals surface area contributed by atoms with Gasteiger partial charge in [0.25, 0.3) is 0 Å². The van der Waals surface area contributed by atoms with Crippen LogP contribution in [0.25, 0.3) is 0 Å². The van der Waals surface area contributed by atoms with Crippen molar-refractivity contribution in [1.82, 2.24) is 10.6 Å². The van der Waals surface area contributed by atoms with Crippen LogP contribution in [0.4, 0.5) is 19.3 Å². The fraction of sp³-hybridized carbons (Fsp3) is 0.250. The van der Waals surface area contributed by atoms with Crippen molar-refractivity contribution in [2.45, 2.75) is 24.8 Å². The molecule has 1 aliphatic carbocycles. The van der Waals surface area contributed by atoms with Gasteiger partial charge in [-0.3, -0.25) is 9.59 Å². The van der Waals surface area contributed by atoms with Crippen LogP contribution in [0.15, 0.2) is 36.4 Å². The van der Waals surface area contributed by atoms with Crippen molar-refractivity contribution < 1.29 is 23.2 Å². The van der Waals surface area contributed by atoms with E-state index < -0.39 is 35.5 Å². The van der Waals surface area contributed by atoms with Crippen LogP contribution in [0.3, 0.4) is 0 Å². The SMILES string of the molecule is O=C(Nc1ccc(F)cc1)N[C@@H]1C(=O)NCC1c1cc2c(cc1F)C(=O)CC2. The zero-order valence-corrected chi connectivity index (χ0v) is 14.7. The highest BCUT2D eigenvalue weighted by molar-refractivity contribution is 6.00. The van der Waals surface area contributed by atoms with Gasteiger partial charge in [-0.05, 0) is 47.9 Å². The molecule has 0 radical (unpaired) electrons. The first-order chi connectivity index (χ1) is 13.4. The zero-order chi connectivity index (χ0) is 19.8. The fourth-order valence-electron chi connectivity index (χ4n) is 3.69. The topological polar surface area (TPSA) is 87.3 Å². The summed E-state index contributed by atoms with van der Waals surface area (Å²) >= 11 is 0. The molecule has 2 atom stereocenters. The van der Waals surface area contributed by atoms with Gasteiger partial charge in [-0.25, -0.2) is 13.6 Å². The number of fused-ring (bicyclic) bond motifs is 1. The number of hydrogen-bond acceptors (Lipinski definition) is 3. The summed E-state index contributed by atoms with van der Waals surface area (Å²) < 4.78 is 27.6. The lowest BCUT2D eigenvalue weighted by atomic mass is 9.91. The molecule has 0 saturated carbocycles. The molecule has 6 nitrogen and oxygen atoms in total. The highest BCUT2D eigenvalue weighted by atomic mass is 19.1. The summed E-state index contributed by atoms with van der Waals surface area (Å²) in [5.74, 6) is -2.12. The number of urea groups is 1. The summed E-state index contributed by atoms with van der Waals surface area (Å²) in [5.41, 5.74) is 1.79. The van der Waals surface area contributed by atoms with Crippen molar-refractivity contribution in [1.29, 1.82) is 0 Å². The van der Waals surface area contributed by atoms with E-state index in [-0.39, 0.29) is 12.3 Å². The Morgan fingerprint density at radius 2 is 1.82 bits per heavy atom. The Bertz CT molecular complexity index is 975. The van der Waals surface area contributed by atoms with E-state index in [1.54, 1.807) is 6.07 Å². The van der Waals surface area contributed by atoms with E-state index in [1.807, 2.05) is 0 Å². The Morgan fingerprint density at radius 1 is 1.07 bits per heavy atom. The molecule has 2 aromatic carbocycles. The number of ketones is 1. The van der Waals surface area contributed by atoms with Crippen LogP contribution in [-0.2, 0) is 11.2 Å². The van der Waals surface area contributed by atoms with E-state index in [0.717, 1.165) is 5.56 Å². The number of nitrogens with one attached hydrogen (secondary N) is 3. The third kappa shape index (κ3) is 3.33. The Kier molecular flexibility index (Phi) is 4.54. The number of halogens is 2. The molecule has 1 aliphatic heterocycles. The summed E-state index contributed by atoms with van der Waals surface area (Å²) in [6.07, 6.45) is 0.889. The number of carbonyl (C=O) groups is 3. The first kappa shape index (κ1) is 18.1. The summed E-state index contributed by atoms with van der Waals surface area (Å²) in [4.78, 5) is 36.2.